The fraction of sp³-hybridized carbons (Fsp3) is 0.333. The summed E-state index contributed by atoms with van der Waals surface area (Å²) in [5, 5.41) is 25.2. The number of amides is 1. The Labute approximate surface area is 191 Å². The van der Waals surface area contributed by atoms with Crippen molar-refractivity contribution in [2.75, 3.05) is 11.9 Å². The number of alkyl carbamates (subject to hydrolysis) is 1. The lowest BCUT2D eigenvalue weighted by atomic mass is 10.1. The van der Waals surface area contributed by atoms with Crippen LogP contribution in [0.25, 0.3) is 10.9 Å². The second kappa shape index (κ2) is 9.20. The minimum absolute atomic E-state index is 0.110. The van der Waals surface area contributed by atoms with E-state index >= 15 is 0 Å². The molecule has 0 spiro atoms. The Bertz CT molecular complexity index is 1260. The largest absolute Gasteiger partial charge is 0.480 e. The van der Waals surface area contributed by atoms with E-state index in [1.807, 2.05) is 24.3 Å². The normalized spacial score (nSPS) is 14.7. The van der Waals surface area contributed by atoms with E-state index in [0.29, 0.717) is 30.8 Å². The summed E-state index contributed by atoms with van der Waals surface area (Å²) < 4.78 is 7.39. The zero-order valence-electron chi connectivity index (χ0n) is 18.5. The molecule has 0 bridgehead atoms. The summed E-state index contributed by atoms with van der Waals surface area (Å²) in [6.07, 6.45) is 2.23. The van der Waals surface area contributed by atoms with Crippen molar-refractivity contribution in [1.82, 2.24) is 14.9 Å². The van der Waals surface area contributed by atoms with E-state index < -0.39 is 12.1 Å². The number of fused-ring (bicyclic) bond motifs is 3. The van der Waals surface area contributed by atoms with Gasteiger partial charge in [0.25, 0.3) is 0 Å². The van der Waals surface area contributed by atoms with E-state index in [0.717, 1.165) is 27.7 Å². The first-order chi connectivity index (χ1) is 15.9. The summed E-state index contributed by atoms with van der Waals surface area (Å²) in [5.74, 6) is -0.456. The molecule has 1 aromatic carbocycles. The highest BCUT2D eigenvalue weighted by Gasteiger charge is 2.30. The fourth-order valence-electron chi connectivity index (χ4n) is 4.31. The molecule has 0 radical (unpaired) electrons. The molecule has 0 saturated heterocycles. The third-order valence-corrected chi connectivity index (χ3v) is 5.60. The van der Waals surface area contributed by atoms with Crippen LogP contribution in [0.2, 0.25) is 0 Å². The molecule has 0 fully saturated rings. The molecule has 0 saturated carbocycles. The molecular formula is C24H25N5O4. The molecule has 3 N–H and O–H groups in total. The maximum Gasteiger partial charge on any atom is 0.407 e. The van der Waals surface area contributed by atoms with E-state index in [-0.39, 0.29) is 18.7 Å². The Morgan fingerprint density at radius 1 is 1.33 bits per heavy atom. The van der Waals surface area contributed by atoms with Gasteiger partial charge in [-0.3, -0.25) is 4.79 Å². The molecule has 1 unspecified atom stereocenters. The molecular weight excluding hydrogens is 422 g/mol. The van der Waals surface area contributed by atoms with Gasteiger partial charge in [0.15, 0.2) is 0 Å². The monoisotopic (exact) mass is 447 g/mol. The fourth-order valence-corrected chi connectivity index (χ4v) is 4.31. The Morgan fingerprint density at radius 3 is 2.88 bits per heavy atom. The zero-order valence-corrected chi connectivity index (χ0v) is 18.5. The van der Waals surface area contributed by atoms with Crippen LogP contribution in [0, 0.1) is 11.3 Å². The number of nitrogens with one attached hydrogen (secondary N) is 2. The number of ether oxygens (including phenoxy) is 1. The zero-order chi connectivity index (χ0) is 23.5. The molecule has 0 aliphatic heterocycles. The second-order valence-electron chi connectivity index (χ2n) is 8.32. The number of anilines is 1. The summed E-state index contributed by atoms with van der Waals surface area (Å²) in [7, 11) is 0. The van der Waals surface area contributed by atoms with Gasteiger partial charge in [-0.05, 0) is 50.1 Å². The van der Waals surface area contributed by atoms with Gasteiger partial charge in [-0.1, -0.05) is 6.07 Å². The summed E-state index contributed by atoms with van der Waals surface area (Å²) in [6, 6.07) is 11.4. The van der Waals surface area contributed by atoms with Gasteiger partial charge in [0.2, 0.25) is 0 Å². The SMILES string of the molecule is CC(C)OC(=O)NC1Cc2c(n(Cc3cccnc3NCC(=O)O)c3ccc(C#N)cc23)C1. The summed E-state index contributed by atoms with van der Waals surface area (Å²) >= 11 is 0. The predicted molar refractivity (Wildman–Crippen MR) is 122 cm³/mol. The first-order valence-electron chi connectivity index (χ1n) is 10.8. The molecule has 170 valence electrons. The van der Waals surface area contributed by atoms with Crippen molar-refractivity contribution >= 4 is 28.8 Å². The number of rotatable bonds is 7. The van der Waals surface area contributed by atoms with Crippen LogP contribution >= 0.6 is 0 Å². The van der Waals surface area contributed by atoms with Crippen LogP contribution in [0.15, 0.2) is 36.5 Å². The molecule has 1 atom stereocenters. The number of hydrogen-bond donors (Lipinski definition) is 3. The number of carboxylic acids is 1. The smallest absolute Gasteiger partial charge is 0.407 e. The number of hydrogen-bond acceptors (Lipinski definition) is 6. The number of aliphatic carboxylic acids is 1. The van der Waals surface area contributed by atoms with E-state index in [1.54, 1.807) is 26.1 Å². The molecule has 2 aromatic heterocycles. The topological polar surface area (TPSA) is 129 Å². The first-order valence-corrected chi connectivity index (χ1v) is 10.8. The van der Waals surface area contributed by atoms with Gasteiger partial charge in [-0.25, -0.2) is 9.78 Å². The minimum atomic E-state index is -0.967. The van der Waals surface area contributed by atoms with Crippen molar-refractivity contribution in [2.45, 2.75) is 45.4 Å². The van der Waals surface area contributed by atoms with Gasteiger partial charge in [0, 0.05) is 40.8 Å². The number of carbonyl (C=O) groups excluding carboxylic acids is 1. The standard InChI is InChI=1S/C24H25N5O4/c1-14(2)33-24(32)28-17-9-19-18-8-15(11-25)5-6-20(18)29(21(19)10-17)13-16-4-3-7-26-23(16)27-12-22(30)31/h3-8,14,17H,9-10,12-13H2,1-2H3,(H,26,27)(H,28,32)(H,30,31). The van der Waals surface area contributed by atoms with E-state index in [2.05, 4.69) is 26.3 Å². The van der Waals surface area contributed by atoms with Crippen LogP contribution < -0.4 is 10.6 Å². The van der Waals surface area contributed by atoms with Crippen LogP contribution in [0.1, 0.15) is 36.2 Å². The molecule has 1 amide bonds. The lowest BCUT2D eigenvalue weighted by molar-refractivity contribution is -0.134. The predicted octanol–water partition coefficient (Wildman–Crippen LogP) is 3.05. The summed E-state index contributed by atoms with van der Waals surface area (Å²) in [6.45, 7) is 3.84. The lowest BCUT2D eigenvalue weighted by Crippen LogP contribution is -2.37. The second-order valence-corrected chi connectivity index (χ2v) is 8.32. The molecule has 9 nitrogen and oxygen atoms in total. The van der Waals surface area contributed by atoms with Gasteiger partial charge in [0.1, 0.15) is 12.4 Å². The molecule has 1 aliphatic rings. The first kappa shape index (κ1) is 22.1. The Balaban J connectivity index is 1.69. The molecule has 2 heterocycles. The van der Waals surface area contributed by atoms with Crippen LogP contribution in [0.4, 0.5) is 10.6 Å². The van der Waals surface area contributed by atoms with Gasteiger partial charge >= 0.3 is 12.1 Å². The van der Waals surface area contributed by atoms with Crippen molar-refractivity contribution in [2.24, 2.45) is 0 Å². The number of aromatic nitrogens is 2. The third kappa shape index (κ3) is 4.75. The summed E-state index contributed by atoms with van der Waals surface area (Å²) in [5.41, 5.74) is 4.57. The molecule has 33 heavy (non-hydrogen) atoms. The number of carbonyl (C=O) groups is 2. The Morgan fingerprint density at radius 2 is 2.15 bits per heavy atom. The van der Waals surface area contributed by atoms with Crippen molar-refractivity contribution < 1.29 is 19.4 Å². The Hall–Kier alpha value is -4.06. The van der Waals surface area contributed by atoms with Crippen LogP contribution in [0.3, 0.4) is 0 Å². The Kier molecular flexibility index (Phi) is 6.18. The maximum absolute atomic E-state index is 12.1. The highest BCUT2D eigenvalue weighted by atomic mass is 16.6. The average molecular weight is 447 g/mol. The van der Waals surface area contributed by atoms with Crippen LogP contribution in [-0.4, -0.2) is 45.4 Å². The van der Waals surface area contributed by atoms with E-state index in [9.17, 15) is 14.9 Å². The van der Waals surface area contributed by atoms with Crippen molar-refractivity contribution in [3.63, 3.8) is 0 Å². The highest BCUT2D eigenvalue weighted by molar-refractivity contribution is 5.88. The highest BCUT2D eigenvalue weighted by Crippen LogP contribution is 2.35. The number of nitrogens with zero attached hydrogens (tertiary/aromatic N) is 3. The summed E-state index contributed by atoms with van der Waals surface area (Å²) in [4.78, 5) is 27.5. The molecule has 9 heteroatoms. The number of benzene rings is 1. The number of pyridine rings is 1. The van der Waals surface area contributed by atoms with Crippen LogP contribution in [0.5, 0.6) is 0 Å². The minimum Gasteiger partial charge on any atom is -0.480 e. The van der Waals surface area contributed by atoms with Crippen molar-refractivity contribution in [3.8, 4) is 6.07 Å². The molecule has 4 rings (SSSR count). The van der Waals surface area contributed by atoms with Gasteiger partial charge < -0.3 is 25.0 Å². The quantitative estimate of drug-likeness (QED) is 0.508. The van der Waals surface area contributed by atoms with Gasteiger partial charge in [0.05, 0.1) is 24.3 Å². The van der Waals surface area contributed by atoms with Crippen LogP contribution in [-0.2, 0) is 28.9 Å². The average Bonchev–Trinajstić information content (AvgIpc) is 3.29. The van der Waals surface area contributed by atoms with E-state index in [4.69, 9.17) is 9.84 Å². The maximum atomic E-state index is 12.1. The lowest BCUT2D eigenvalue weighted by Gasteiger charge is -2.17. The van der Waals surface area contributed by atoms with Gasteiger partial charge in [-0.15, -0.1) is 0 Å². The molecule has 3 aromatic rings. The molecule has 1 aliphatic carbocycles. The number of carboxylic acid groups (broad SMARTS) is 1. The third-order valence-electron chi connectivity index (χ3n) is 5.60. The van der Waals surface area contributed by atoms with Gasteiger partial charge in [-0.2, -0.15) is 5.26 Å². The van der Waals surface area contributed by atoms with Crippen molar-refractivity contribution in [1.29, 1.82) is 5.26 Å². The van der Waals surface area contributed by atoms with E-state index in [1.165, 1.54) is 0 Å². The van der Waals surface area contributed by atoms with Crippen molar-refractivity contribution in [3.05, 3.63) is 58.9 Å². The number of nitriles is 1.